The van der Waals surface area contributed by atoms with Crippen LogP contribution in [0, 0.1) is 5.41 Å². The average Bonchev–Trinajstić information content (AvgIpc) is 2.90. The van der Waals surface area contributed by atoms with Gasteiger partial charge in [-0.05, 0) is 42.2 Å². The third-order valence-electron chi connectivity index (χ3n) is 4.32. The van der Waals surface area contributed by atoms with E-state index in [0.29, 0.717) is 23.3 Å². The predicted molar refractivity (Wildman–Crippen MR) is 74.2 cm³/mol. The molecule has 1 aromatic rings. The fraction of sp³-hybridized carbons (Fsp3) is 0.625. The molecule has 2 N–H and O–H groups in total. The molecule has 0 aromatic heterocycles. The van der Waals surface area contributed by atoms with Crippen molar-refractivity contribution >= 4 is 0 Å². The molecule has 0 aliphatic heterocycles. The third kappa shape index (κ3) is 2.33. The van der Waals surface area contributed by atoms with Gasteiger partial charge in [-0.25, -0.2) is 0 Å². The van der Waals surface area contributed by atoms with Crippen molar-refractivity contribution in [1.29, 1.82) is 0 Å². The molecule has 1 fully saturated rings. The van der Waals surface area contributed by atoms with E-state index >= 15 is 0 Å². The molecule has 0 saturated heterocycles. The zero-order valence-electron chi connectivity index (χ0n) is 11.8. The summed E-state index contributed by atoms with van der Waals surface area (Å²) in [5, 5.41) is 20.3. The van der Waals surface area contributed by atoms with Crippen LogP contribution in [0.3, 0.4) is 0 Å². The molecule has 0 spiro atoms. The summed E-state index contributed by atoms with van der Waals surface area (Å²) in [4.78, 5) is 0. The first-order chi connectivity index (χ1) is 8.36. The number of hydrogen-bond donors (Lipinski definition) is 2. The maximum atomic E-state index is 10.2. The molecule has 0 heterocycles. The van der Waals surface area contributed by atoms with Crippen LogP contribution in [-0.4, -0.2) is 10.2 Å². The largest absolute Gasteiger partial charge is 0.508 e. The van der Waals surface area contributed by atoms with Crippen LogP contribution < -0.4 is 0 Å². The van der Waals surface area contributed by atoms with E-state index in [4.69, 9.17) is 0 Å². The van der Waals surface area contributed by atoms with Crippen LogP contribution in [-0.2, 0) is 0 Å². The minimum Gasteiger partial charge on any atom is -0.508 e. The molecule has 1 aliphatic rings. The van der Waals surface area contributed by atoms with Gasteiger partial charge in [-0.3, -0.25) is 0 Å². The van der Waals surface area contributed by atoms with Crippen molar-refractivity contribution < 1.29 is 10.2 Å². The molecule has 1 aliphatic carbocycles. The van der Waals surface area contributed by atoms with E-state index in [0.717, 1.165) is 30.4 Å². The van der Waals surface area contributed by atoms with E-state index in [1.54, 1.807) is 12.1 Å². The van der Waals surface area contributed by atoms with Crippen molar-refractivity contribution in [1.82, 2.24) is 0 Å². The molecule has 2 heteroatoms. The highest BCUT2D eigenvalue weighted by Gasteiger charge is 2.47. The molecule has 2 unspecified atom stereocenters. The summed E-state index contributed by atoms with van der Waals surface area (Å²) in [7, 11) is 0. The standard InChI is InChI=1S/C16H24O2/c1-5-6-10(2)11-7-15(18)12(8-14(11)17)13-9-16(13,3)4/h7-8,10,13,17-18H,5-6,9H2,1-4H3. The van der Waals surface area contributed by atoms with Crippen molar-refractivity contribution in [2.75, 3.05) is 0 Å². The summed E-state index contributed by atoms with van der Waals surface area (Å²) < 4.78 is 0. The molecule has 1 saturated carbocycles. The molecule has 2 atom stereocenters. The van der Waals surface area contributed by atoms with E-state index < -0.39 is 0 Å². The summed E-state index contributed by atoms with van der Waals surface area (Å²) in [5.41, 5.74) is 2.04. The van der Waals surface area contributed by atoms with Crippen molar-refractivity contribution in [2.45, 2.75) is 58.8 Å². The van der Waals surface area contributed by atoms with Crippen LogP contribution in [0.2, 0.25) is 0 Å². The van der Waals surface area contributed by atoms with Crippen LogP contribution in [0.15, 0.2) is 12.1 Å². The smallest absolute Gasteiger partial charge is 0.119 e. The molecule has 100 valence electrons. The fourth-order valence-electron chi connectivity index (χ4n) is 2.87. The second-order valence-corrected chi connectivity index (χ2v) is 6.40. The molecule has 1 aromatic carbocycles. The Bertz CT molecular complexity index is 449. The van der Waals surface area contributed by atoms with Crippen LogP contribution >= 0.6 is 0 Å². The Hall–Kier alpha value is -1.18. The van der Waals surface area contributed by atoms with Crippen molar-refractivity contribution in [2.24, 2.45) is 5.41 Å². The number of rotatable bonds is 4. The summed E-state index contributed by atoms with van der Waals surface area (Å²) >= 11 is 0. The molecule has 0 amide bonds. The normalized spacial score (nSPS) is 22.8. The molecular formula is C16H24O2. The molecule has 0 bridgehead atoms. The Labute approximate surface area is 110 Å². The Balaban J connectivity index is 2.30. The summed E-state index contributed by atoms with van der Waals surface area (Å²) in [6, 6.07) is 3.54. The highest BCUT2D eigenvalue weighted by Crippen LogP contribution is 2.60. The first-order valence-electron chi connectivity index (χ1n) is 6.92. The zero-order valence-corrected chi connectivity index (χ0v) is 11.8. The van der Waals surface area contributed by atoms with Gasteiger partial charge in [-0.1, -0.05) is 34.1 Å². The van der Waals surface area contributed by atoms with Crippen molar-refractivity contribution in [3.8, 4) is 11.5 Å². The molecule has 0 radical (unpaired) electrons. The summed E-state index contributed by atoms with van der Waals surface area (Å²) in [6.07, 6.45) is 3.20. The van der Waals surface area contributed by atoms with Gasteiger partial charge in [0.15, 0.2) is 0 Å². The van der Waals surface area contributed by atoms with E-state index in [-0.39, 0.29) is 5.41 Å². The third-order valence-corrected chi connectivity index (χ3v) is 4.32. The predicted octanol–water partition coefficient (Wildman–Crippen LogP) is 4.51. The van der Waals surface area contributed by atoms with E-state index in [2.05, 4.69) is 27.7 Å². The second kappa shape index (κ2) is 4.49. The lowest BCUT2D eigenvalue weighted by atomic mass is 9.92. The topological polar surface area (TPSA) is 40.5 Å². The lowest BCUT2D eigenvalue weighted by molar-refractivity contribution is 0.440. The lowest BCUT2D eigenvalue weighted by Crippen LogP contribution is -1.97. The number of benzene rings is 1. The zero-order chi connectivity index (χ0) is 13.5. The summed E-state index contributed by atoms with van der Waals surface area (Å²) in [6.45, 7) is 8.62. The van der Waals surface area contributed by atoms with Gasteiger partial charge in [0.2, 0.25) is 0 Å². The van der Waals surface area contributed by atoms with E-state index in [9.17, 15) is 10.2 Å². The molecule has 2 nitrogen and oxygen atoms in total. The van der Waals surface area contributed by atoms with Crippen molar-refractivity contribution in [3.63, 3.8) is 0 Å². The van der Waals surface area contributed by atoms with Crippen LogP contribution in [0.1, 0.15) is 69.9 Å². The SMILES string of the molecule is CCCC(C)c1cc(O)c(C2CC2(C)C)cc1O. The van der Waals surface area contributed by atoms with Crippen LogP contribution in [0.5, 0.6) is 11.5 Å². The molecular weight excluding hydrogens is 224 g/mol. The maximum Gasteiger partial charge on any atom is 0.119 e. The average molecular weight is 248 g/mol. The minimum absolute atomic E-state index is 0.264. The van der Waals surface area contributed by atoms with E-state index in [1.807, 2.05) is 0 Å². The highest BCUT2D eigenvalue weighted by atomic mass is 16.3. The number of hydrogen-bond acceptors (Lipinski definition) is 2. The van der Waals surface area contributed by atoms with Gasteiger partial charge in [0.05, 0.1) is 0 Å². The number of aromatic hydroxyl groups is 2. The van der Waals surface area contributed by atoms with Gasteiger partial charge in [-0.2, -0.15) is 0 Å². The Morgan fingerprint density at radius 1 is 1.28 bits per heavy atom. The maximum absolute atomic E-state index is 10.2. The Kier molecular flexibility index (Phi) is 3.31. The monoisotopic (exact) mass is 248 g/mol. The van der Waals surface area contributed by atoms with Crippen molar-refractivity contribution in [3.05, 3.63) is 23.3 Å². The van der Waals surface area contributed by atoms with Gasteiger partial charge in [-0.15, -0.1) is 0 Å². The van der Waals surface area contributed by atoms with Gasteiger partial charge in [0.25, 0.3) is 0 Å². The van der Waals surface area contributed by atoms with Crippen LogP contribution in [0.4, 0.5) is 0 Å². The van der Waals surface area contributed by atoms with Gasteiger partial charge < -0.3 is 10.2 Å². The van der Waals surface area contributed by atoms with Crippen LogP contribution in [0.25, 0.3) is 0 Å². The van der Waals surface area contributed by atoms with Gasteiger partial charge in [0, 0.05) is 11.1 Å². The fourth-order valence-corrected chi connectivity index (χ4v) is 2.87. The van der Waals surface area contributed by atoms with Gasteiger partial charge >= 0.3 is 0 Å². The summed E-state index contributed by atoms with van der Waals surface area (Å²) in [5.74, 6) is 1.37. The quantitative estimate of drug-likeness (QED) is 0.769. The first kappa shape index (κ1) is 13.3. The molecule has 18 heavy (non-hydrogen) atoms. The Morgan fingerprint density at radius 3 is 2.39 bits per heavy atom. The first-order valence-corrected chi connectivity index (χ1v) is 6.92. The van der Waals surface area contributed by atoms with E-state index in [1.165, 1.54) is 0 Å². The molecule has 2 rings (SSSR count). The lowest BCUT2D eigenvalue weighted by Gasteiger charge is -2.15. The van der Waals surface area contributed by atoms with Gasteiger partial charge in [0.1, 0.15) is 11.5 Å². The Morgan fingerprint density at radius 2 is 1.89 bits per heavy atom. The highest BCUT2D eigenvalue weighted by molar-refractivity contribution is 5.50. The second-order valence-electron chi connectivity index (χ2n) is 6.40. The number of phenolic OH excluding ortho intramolecular Hbond substituents is 2. The number of phenols is 2. The minimum atomic E-state index is 0.264.